The monoisotopic (exact) mass is 312 g/mol. The molecule has 0 amide bonds. The van der Waals surface area contributed by atoms with Gasteiger partial charge in [0.1, 0.15) is 11.6 Å². The van der Waals surface area contributed by atoms with Crippen molar-refractivity contribution in [2.45, 2.75) is 18.9 Å². The molecule has 2 aromatic carbocycles. The fraction of sp³-hybridized carbons (Fsp3) is 0.368. The zero-order valence-corrected chi connectivity index (χ0v) is 13.3. The number of rotatable bonds is 2. The predicted octanol–water partition coefficient (Wildman–Crippen LogP) is 3.23. The zero-order chi connectivity index (χ0) is 15.8. The lowest BCUT2D eigenvalue weighted by Crippen LogP contribution is -2.32. The molecule has 2 heterocycles. The van der Waals surface area contributed by atoms with Crippen molar-refractivity contribution in [3.05, 3.63) is 47.8 Å². The number of ether oxygens (including phenoxy) is 1. The van der Waals surface area contributed by atoms with Crippen LogP contribution in [0.5, 0.6) is 5.75 Å². The first-order chi connectivity index (χ1) is 11.3. The number of nitrogens with one attached hydrogen (secondary N) is 1. The lowest BCUT2D eigenvalue weighted by atomic mass is 10.00. The van der Waals surface area contributed by atoms with Gasteiger partial charge in [-0.2, -0.15) is 0 Å². The summed E-state index contributed by atoms with van der Waals surface area (Å²) in [7, 11) is 1.55. The van der Waals surface area contributed by atoms with Crippen LogP contribution in [0.4, 0.5) is 10.1 Å². The Morgan fingerprint density at radius 1 is 1.17 bits per heavy atom. The fourth-order valence-electron chi connectivity index (χ4n) is 3.77. The summed E-state index contributed by atoms with van der Waals surface area (Å²) in [6.45, 7) is 3.16. The molecule has 1 atom stereocenters. The molecule has 4 rings (SSSR count). The van der Waals surface area contributed by atoms with Gasteiger partial charge in [0.05, 0.1) is 7.11 Å². The molecule has 2 aromatic rings. The molecule has 1 N–H and O–H groups in total. The van der Waals surface area contributed by atoms with E-state index < -0.39 is 0 Å². The molecule has 0 aromatic heterocycles. The number of halogens is 1. The highest BCUT2D eigenvalue weighted by atomic mass is 19.1. The maximum absolute atomic E-state index is 14.3. The maximum atomic E-state index is 14.3. The van der Waals surface area contributed by atoms with E-state index >= 15 is 0 Å². The second-order valence-corrected chi connectivity index (χ2v) is 6.28. The Balaban J connectivity index is 1.69. The van der Waals surface area contributed by atoms with Gasteiger partial charge < -0.3 is 15.0 Å². The van der Waals surface area contributed by atoms with Crippen molar-refractivity contribution < 1.29 is 9.13 Å². The molecule has 1 saturated heterocycles. The first-order valence-corrected chi connectivity index (χ1v) is 8.20. The van der Waals surface area contributed by atoms with Crippen molar-refractivity contribution in [1.29, 1.82) is 0 Å². The Labute approximate surface area is 136 Å². The molecule has 120 valence electrons. The van der Waals surface area contributed by atoms with Gasteiger partial charge >= 0.3 is 0 Å². The van der Waals surface area contributed by atoms with Crippen LogP contribution >= 0.6 is 0 Å². The highest BCUT2D eigenvalue weighted by Gasteiger charge is 2.30. The van der Waals surface area contributed by atoms with Gasteiger partial charge in [-0.3, -0.25) is 0 Å². The lowest BCUT2D eigenvalue weighted by molar-refractivity contribution is 0.411. The third kappa shape index (κ3) is 2.57. The number of benzene rings is 2. The summed E-state index contributed by atoms with van der Waals surface area (Å²) in [4.78, 5) is 2.50. The van der Waals surface area contributed by atoms with Gasteiger partial charge in [-0.25, -0.2) is 4.39 Å². The molecule has 0 saturated carbocycles. The molecule has 1 fully saturated rings. The van der Waals surface area contributed by atoms with Gasteiger partial charge in [-0.1, -0.05) is 6.07 Å². The number of nitrogens with zero attached hydrogens (tertiary/aromatic N) is 1. The lowest BCUT2D eigenvalue weighted by Gasteiger charge is -2.24. The van der Waals surface area contributed by atoms with Crippen molar-refractivity contribution in [2.75, 3.05) is 31.6 Å². The molecule has 1 unspecified atom stereocenters. The smallest absolute Gasteiger partial charge is 0.134 e. The Bertz CT molecular complexity index is 731. The van der Waals surface area contributed by atoms with Crippen LogP contribution in [0.1, 0.15) is 12.0 Å². The minimum absolute atomic E-state index is 0.235. The molecule has 3 nitrogen and oxygen atoms in total. The van der Waals surface area contributed by atoms with Crippen LogP contribution in [-0.2, 0) is 6.42 Å². The number of hydrogen-bond acceptors (Lipinski definition) is 3. The molecular formula is C19H21FN2O. The van der Waals surface area contributed by atoms with Gasteiger partial charge in [0.2, 0.25) is 0 Å². The van der Waals surface area contributed by atoms with E-state index in [0.717, 1.165) is 31.6 Å². The van der Waals surface area contributed by atoms with E-state index in [1.54, 1.807) is 13.2 Å². The van der Waals surface area contributed by atoms with Gasteiger partial charge in [-0.15, -0.1) is 0 Å². The molecule has 0 spiro atoms. The van der Waals surface area contributed by atoms with Crippen LogP contribution in [0.2, 0.25) is 0 Å². The standard InChI is InChI=1S/C19H21FN2O/c1-23-16-3-4-17(18(20)12-16)13-2-5-19-14(10-13)11-15-6-7-21-8-9-22(15)19/h2-5,10,12,15,21H,6-9,11H2,1H3. The molecular weight excluding hydrogens is 291 g/mol. The van der Waals surface area contributed by atoms with Crippen molar-refractivity contribution in [3.8, 4) is 16.9 Å². The summed E-state index contributed by atoms with van der Waals surface area (Å²) in [5.74, 6) is 0.314. The Morgan fingerprint density at radius 2 is 2.09 bits per heavy atom. The highest BCUT2D eigenvalue weighted by molar-refractivity contribution is 5.72. The van der Waals surface area contributed by atoms with Gasteiger partial charge in [-0.05, 0) is 54.8 Å². The second-order valence-electron chi connectivity index (χ2n) is 6.28. The summed E-state index contributed by atoms with van der Waals surface area (Å²) >= 11 is 0. The predicted molar refractivity (Wildman–Crippen MR) is 90.7 cm³/mol. The molecule has 2 aliphatic rings. The van der Waals surface area contributed by atoms with Gasteiger partial charge in [0, 0.05) is 36.4 Å². The number of fused-ring (bicyclic) bond motifs is 3. The molecule has 4 heteroatoms. The molecule has 0 aliphatic carbocycles. The Kier molecular flexibility index (Phi) is 3.69. The average molecular weight is 312 g/mol. The zero-order valence-electron chi connectivity index (χ0n) is 13.3. The van der Waals surface area contributed by atoms with Crippen LogP contribution in [0.25, 0.3) is 11.1 Å². The summed E-state index contributed by atoms with van der Waals surface area (Å²) in [6.07, 6.45) is 2.23. The molecule has 0 radical (unpaired) electrons. The fourth-order valence-corrected chi connectivity index (χ4v) is 3.77. The van der Waals surface area contributed by atoms with Crippen LogP contribution in [-0.4, -0.2) is 32.8 Å². The third-order valence-corrected chi connectivity index (χ3v) is 4.96. The van der Waals surface area contributed by atoms with Crippen LogP contribution in [0.15, 0.2) is 36.4 Å². The van der Waals surface area contributed by atoms with Gasteiger partial charge in [0.25, 0.3) is 0 Å². The molecule has 23 heavy (non-hydrogen) atoms. The van der Waals surface area contributed by atoms with E-state index in [-0.39, 0.29) is 5.82 Å². The summed E-state index contributed by atoms with van der Waals surface area (Å²) in [5, 5.41) is 3.46. The van der Waals surface area contributed by atoms with Crippen molar-refractivity contribution >= 4 is 5.69 Å². The molecule has 0 bridgehead atoms. The summed E-state index contributed by atoms with van der Waals surface area (Å²) < 4.78 is 19.4. The topological polar surface area (TPSA) is 24.5 Å². The van der Waals surface area contributed by atoms with Gasteiger partial charge in [0.15, 0.2) is 0 Å². The van der Waals surface area contributed by atoms with Crippen molar-refractivity contribution in [1.82, 2.24) is 5.32 Å². The van der Waals surface area contributed by atoms with Crippen molar-refractivity contribution in [3.63, 3.8) is 0 Å². The van der Waals surface area contributed by atoms with E-state index in [4.69, 9.17) is 4.74 Å². The second kappa shape index (κ2) is 5.85. The van der Waals surface area contributed by atoms with Crippen LogP contribution in [0, 0.1) is 5.82 Å². The van der Waals surface area contributed by atoms with E-state index in [1.165, 1.54) is 23.7 Å². The van der Waals surface area contributed by atoms with Crippen LogP contribution < -0.4 is 15.0 Å². The Morgan fingerprint density at radius 3 is 2.91 bits per heavy atom. The average Bonchev–Trinajstić information content (AvgIpc) is 2.75. The summed E-state index contributed by atoms with van der Waals surface area (Å²) in [6, 6.07) is 12.0. The van der Waals surface area contributed by atoms with E-state index in [9.17, 15) is 4.39 Å². The quantitative estimate of drug-likeness (QED) is 0.921. The van der Waals surface area contributed by atoms with E-state index in [1.807, 2.05) is 12.1 Å². The van der Waals surface area contributed by atoms with E-state index in [2.05, 4.69) is 22.3 Å². The summed E-state index contributed by atoms with van der Waals surface area (Å²) in [5.41, 5.74) is 4.23. The number of anilines is 1. The third-order valence-electron chi connectivity index (χ3n) is 4.96. The first-order valence-electron chi connectivity index (χ1n) is 8.20. The number of methoxy groups -OCH3 is 1. The Hall–Kier alpha value is -2.07. The number of hydrogen-bond donors (Lipinski definition) is 1. The maximum Gasteiger partial charge on any atom is 0.134 e. The largest absolute Gasteiger partial charge is 0.497 e. The normalized spacial score (nSPS) is 19.9. The first kappa shape index (κ1) is 14.5. The van der Waals surface area contributed by atoms with E-state index in [0.29, 0.717) is 17.4 Å². The molecule has 2 aliphatic heterocycles. The van der Waals surface area contributed by atoms with Crippen molar-refractivity contribution in [2.24, 2.45) is 0 Å². The highest BCUT2D eigenvalue weighted by Crippen LogP contribution is 2.37. The van der Waals surface area contributed by atoms with Crippen LogP contribution in [0.3, 0.4) is 0 Å². The minimum atomic E-state index is -0.235. The SMILES string of the molecule is COc1ccc(-c2ccc3c(c2)CC2CCNCCN32)c(F)c1. The minimum Gasteiger partial charge on any atom is -0.497 e.